The topological polar surface area (TPSA) is 61.2 Å². The number of fused-ring (bicyclic) bond motifs is 1. The Morgan fingerprint density at radius 3 is 2.67 bits per heavy atom. The van der Waals surface area contributed by atoms with Crippen LogP contribution in [0.2, 0.25) is 0 Å². The molecule has 1 aromatic carbocycles. The third kappa shape index (κ3) is 1.64. The highest BCUT2D eigenvalue weighted by Crippen LogP contribution is 2.46. The maximum atomic E-state index is 11.7. The van der Waals surface area contributed by atoms with E-state index in [4.69, 9.17) is 0 Å². The lowest BCUT2D eigenvalue weighted by Crippen LogP contribution is -2.55. The van der Waals surface area contributed by atoms with Crippen molar-refractivity contribution >= 4 is 9.84 Å². The minimum absolute atomic E-state index is 0.0342. The van der Waals surface area contributed by atoms with Gasteiger partial charge in [-0.1, -0.05) is 30.3 Å². The van der Waals surface area contributed by atoms with Crippen molar-refractivity contribution in [2.45, 2.75) is 11.8 Å². The van der Waals surface area contributed by atoms with Crippen molar-refractivity contribution in [3.05, 3.63) is 35.9 Å². The summed E-state index contributed by atoms with van der Waals surface area (Å²) >= 11 is 0. The number of nitrogens with zero attached hydrogens (tertiary/aromatic N) is 2. The highest BCUT2D eigenvalue weighted by molar-refractivity contribution is 7.93. The summed E-state index contributed by atoms with van der Waals surface area (Å²) in [5.41, 5.74) is 0.512. The third-order valence-corrected chi connectivity index (χ3v) is 6.29. The van der Waals surface area contributed by atoms with Crippen molar-refractivity contribution in [2.75, 3.05) is 18.8 Å². The lowest BCUT2D eigenvalue weighted by Gasteiger charge is -2.36. The molecule has 5 heteroatoms. The van der Waals surface area contributed by atoms with E-state index in [0.717, 1.165) is 12.1 Å². The number of benzene rings is 1. The van der Waals surface area contributed by atoms with Gasteiger partial charge in [0.15, 0.2) is 9.84 Å². The van der Waals surface area contributed by atoms with Crippen molar-refractivity contribution in [3.63, 3.8) is 0 Å². The van der Waals surface area contributed by atoms with Crippen LogP contribution in [0.15, 0.2) is 30.3 Å². The molecular weight excluding hydrogens is 248 g/mol. The molecule has 0 bridgehead atoms. The Balaban J connectivity index is 1.78. The molecule has 2 aliphatic heterocycles. The lowest BCUT2D eigenvalue weighted by molar-refractivity contribution is 0.302. The molecule has 18 heavy (non-hydrogen) atoms. The monoisotopic (exact) mass is 262 g/mol. The molecule has 0 aliphatic carbocycles. The molecule has 2 fully saturated rings. The van der Waals surface area contributed by atoms with Crippen LogP contribution >= 0.6 is 0 Å². The fourth-order valence-electron chi connectivity index (χ4n) is 3.03. The minimum atomic E-state index is -3.02. The molecular formula is C13H14N2O2S. The summed E-state index contributed by atoms with van der Waals surface area (Å²) in [5, 5.41) is 8.75. The van der Waals surface area contributed by atoms with Crippen molar-refractivity contribution in [3.8, 4) is 6.07 Å². The summed E-state index contributed by atoms with van der Waals surface area (Å²) < 4.78 is 23.4. The summed E-state index contributed by atoms with van der Waals surface area (Å²) in [6.45, 7) is 1.78. The molecule has 2 heterocycles. The highest BCUT2D eigenvalue weighted by Gasteiger charge is 2.63. The van der Waals surface area contributed by atoms with E-state index in [1.165, 1.54) is 0 Å². The Morgan fingerprint density at radius 1 is 1.39 bits per heavy atom. The van der Waals surface area contributed by atoms with Gasteiger partial charge in [0.05, 0.1) is 17.1 Å². The second-order valence-corrected chi connectivity index (χ2v) is 7.40. The highest BCUT2D eigenvalue weighted by atomic mass is 32.2. The molecule has 94 valence electrons. The van der Waals surface area contributed by atoms with Gasteiger partial charge < -0.3 is 0 Å². The molecule has 2 aliphatic rings. The second kappa shape index (κ2) is 3.81. The maximum absolute atomic E-state index is 11.7. The zero-order valence-electron chi connectivity index (χ0n) is 9.91. The fourth-order valence-corrected chi connectivity index (χ4v) is 5.35. The Kier molecular flexibility index (Phi) is 2.47. The van der Waals surface area contributed by atoms with Gasteiger partial charge in [0.1, 0.15) is 5.41 Å². The molecule has 0 aromatic heterocycles. The number of nitriles is 1. The van der Waals surface area contributed by atoms with Gasteiger partial charge in [0.25, 0.3) is 0 Å². The average molecular weight is 262 g/mol. The van der Waals surface area contributed by atoms with Crippen LogP contribution in [0, 0.1) is 16.7 Å². The molecule has 2 saturated heterocycles. The normalized spacial score (nSPS) is 33.4. The molecule has 3 rings (SSSR count). The van der Waals surface area contributed by atoms with Crippen LogP contribution < -0.4 is 0 Å². The van der Waals surface area contributed by atoms with Gasteiger partial charge in [0.2, 0.25) is 0 Å². The summed E-state index contributed by atoms with van der Waals surface area (Å²) in [6.07, 6.45) is 0. The molecule has 4 nitrogen and oxygen atoms in total. The van der Waals surface area contributed by atoms with Crippen LogP contribution in [0.25, 0.3) is 0 Å². The molecule has 2 unspecified atom stereocenters. The van der Waals surface area contributed by atoms with Crippen LogP contribution in [-0.2, 0) is 16.4 Å². The van der Waals surface area contributed by atoms with Gasteiger partial charge in [-0.2, -0.15) is 5.26 Å². The van der Waals surface area contributed by atoms with Gasteiger partial charge in [-0.3, -0.25) is 4.90 Å². The van der Waals surface area contributed by atoms with Crippen LogP contribution in [0.5, 0.6) is 0 Å². The average Bonchev–Trinajstić information content (AvgIpc) is 2.65. The quantitative estimate of drug-likeness (QED) is 0.791. The molecule has 2 atom stereocenters. The standard InChI is InChI=1S/C13H14N2O2S/c14-8-13-9-15(6-11-4-2-1-3-5-11)7-12(13)18(16,17)10-13/h1-5,12H,6-7,9-10H2. The van der Waals surface area contributed by atoms with Gasteiger partial charge in [-0.05, 0) is 5.56 Å². The maximum Gasteiger partial charge on any atom is 0.157 e. The minimum Gasteiger partial charge on any atom is -0.296 e. The van der Waals surface area contributed by atoms with E-state index in [1.807, 2.05) is 30.3 Å². The van der Waals surface area contributed by atoms with Crippen LogP contribution in [0.3, 0.4) is 0 Å². The summed E-state index contributed by atoms with van der Waals surface area (Å²) in [7, 11) is -3.02. The first-order chi connectivity index (χ1) is 8.56. The van der Waals surface area contributed by atoms with E-state index >= 15 is 0 Å². The zero-order chi connectivity index (χ0) is 12.8. The first-order valence-corrected chi connectivity index (χ1v) is 7.66. The molecule has 0 N–H and O–H groups in total. The van der Waals surface area contributed by atoms with E-state index in [1.54, 1.807) is 0 Å². The van der Waals surface area contributed by atoms with E-state index in [-0.39, 0.29) is 5.75 Å². The van der Waals surface area contributed by atoms with Crippen molar-refractivity contribution in [1.29, 1.82) is 5.26 Å². The summed E-state index contributed by atoms with van der Waals surface area (Å²) in [6, 6.07) is 12.2. The molecule has 0 saturated carbocycles. The smallest absolute Gasteiger partial charge is 0.157 e. The van der Waals surface area contributed by atoms with Gasteiger partial charge in [0, 0.05) is 19.6 Å². The Labute approximate surface area is 107 Å². The van der Waals surface area contributed by atoms with Gasteiger partial charge >= 0.3 is 0 Å². The predicted molar refractivity (Wildman–Crippen MR) is 67.3 cm³/mol. The SMILES string of the molecule is N#CC12CN(Cc3ccccc3)CC1S(=O)(=O)C2. The van der Waals surface area contributed by atoms with Crippen LogP contribution in [-0.4, -0.2) is 37.4 Å². The van der Waals surface area contributed by atoms with E-state index < -0.39 is 20.5 Å². The largest absolute Gasteiger partial charge is 0.296 e. The first kappa shape index (κ1) is 11.7. The number of hydrogen-bond donors (Lipinski definition) is 0. The van der Waals surface area contributed by atoms with Gasteiger partial charge in [-0.15, -0.1) is 0 Å². The van der Waals surface area contributed by atoms with Gasteiger partial charge in [-0.25, -0.2) is 8.42 Å². The zero-order valence-corrected chi connectivity index (χ0v) is 10.7. The molecule has 0 radical (unpaired) electrons. The lowest BCUT2D eigenvalue weighted by atomic mass is 9.90. The Bertz CT molecular complexity index is 606. The van der Waals surface area contributed by atoms with Crippen molar-refractivity contribution in [2.24, 2.45) is 5.41 Å². The van der Waals surface area contributed by atoms with E-state index in [2.05, 4.69) is 11.0 Å². The Morgan fingerprint density at radius 2 is 2.11 bits per heavy atom. The van der Waals surface area contributed by atoms with Crippen molar-refractivity contribution < 1.29 is 8.42 Å². The molecule has 1 aromatic rings. The van der Waals surface area contributed by atoms with Crippen LogP contribution in [0.1, 0.15) is 5.56 Å². The van der Waals surface area contributed by atoms with Crippen molar-refractivity contribution in [1.82, 2.24) is 4.90 Å². The second-order valence-electron chi connectivity index (χ2n) is 5.22. The predicted octanol–water partition coefficient (Wildman–Crippen LogP) is 0.809. The van der Waals surface area contributed by atoms with E-state index in [0.29, 0.717) is 13.1 Å². The first-order valence-electron chi connectivity index (χ1n) is 5.95. The summed E-state index contributed by atoms with van der Waals surface area (Å²) in [5.74, 6) is 0.0342. The number of sulfone groups is 1. The summed E-state index contributed by atoms with van der Waals surface area (Å²) in [4.78, 5) is 2.08. The van der Waals surface area contributed by atoms with E-state index in [9.17, 15) is 13.7 Å². The molecule has 0 amide bonds. The fraction of sp³-hybridized carbons (Fsp3) is 0.462. The molecule has 0 spiro atoms. The third-order valence-electron chi connectivity index (χ3n) is 3.91. The number of rotatable bonds is 2. The number of hydrogen-bond acceptors (Lipinski definition) is 4. The Hall–Kier alpha value is -1.38. The van der Waals surface area contributed by atoms with Crippen LogP contribution in [0.4, 0.5) is 0 Å². The number of likely N-dealkylation sites (tertiary alicyclic amines) is 1.